The summed E-state index contributed by atoms with van der Waals surface area (Å²) in [6.07, 6.45) is 3.86. The molecule has 0 bridgehead atoms. The van der Waals surface area contributed by atoms with Gasteiger partial charge in [0.15, 0.2) is 0 Å². The van der Waals surface area contributed by atoms with E-state index in [9.17, 15) is 0 Å². The van der Waals surface area contributed by atoms with Crippen molar-refractivity contribution in [2.24, 2.45) is 11.1 Å². The first-order valence-corrected chi connectivity index (χ1v) is 6.69. The molecular weight excluding hydrogens is 224 g/mol. The predicted octanol–water partition coefficient (Wildman–Crippen LogP) is 2.26. The maximum atomic E-state index is 5.68. The third-order valence-corrected chi connectivity index (χ3v) is 3.85. The summed E-state index contributed by atoms with van der Waals surface area (Å²) in [5, 5.41) is 0. The smallest absolute Gasteiger partial charge is 0.118 e. The Kier molecular flexibility index (Phi) is 4.25. The standard InChI is InChI=1S/C15H24N2O/c1-17(12-15(7-8-15)9-10-16)11-13-3-5-14(18-2)6-4-13/h3-6H,7-12,16H2,1-2H3. The fourth-order valence-electron chi connectivity index (χ4n) is 2.64. The Balaban J connectivity index is 1.84. The first-order valence-electron chi connectivity index (χ1n) is 6.69. The minimum atomic E-state index is 0.524. The maximum Gasteiger partial charge on any atom is 0.118 e. The second kappa shape index (κ2) is 5.72. The molecule has 3 nitrogen and oxygen atoms in total. The summed E-state index contributed by atoms with van der Waals surface area (Å²) >= 11 is 0. The molecule has 0 radical (unpaired) electrons. The second-order valence-corrected chi connectivity index (χ2v) is 5.56. The first kappa shape index (κ1) is 13.4. The number of hydrogen-bond acceptors (Lipinski definition) is 3. The lowest BCUT2D eigenvalue weighted by molar-refractivity contribution is 0.248. The number of nitrogens with zero attached hydrogens (tertiary/aromatic N) is 1. The van der Waals surface area contributed by atoms with Crippen LogP contribution in [-0.4, -0.2) is 32.1 Å². The van der Waals surface area contributed by atoms with Gasteiger partial charge in [-0.15, -0.1) is 0 Å². The van der Waals surface area contributed by atoms with Gasteiger partial charge in [-0.25, -0.2) is 0 Å². The van der Waals surface area contributed by atoms with Gasteiger partial charge in [0.2, 0.25) is 0 Å². The average Bonchev–Trinajstić information content (AvgIpc) is 3.10. The molecule has 2 N–H and O–H groups in total. The maximum absolute atomic E-state index is 5.68. The molecular formula is C15H24N2O. The van der Waals surface area contributed by atoms with E-state index >= 15 is 0 Å². The molecule has 1 fully saturated rings. The Bertz CT molecular complexity index is 371. The topological polar surface area (TPSA) is 38.5 Å². The van der Waals surface area contributed by atoms with E-state index in [2.05, 4.69) is 24.1 Å². The minimum Gasteiger partial charge on any atom is -0.497 e. The molecule has 0 aromatic heterocycles. The fourth-order valence-corrected chi connectivity index (χ4v) is 2.64. The lowest BCUT2D eigenvalue weighted by Gasteiger charge is -2.23. The Morgan fingerprint density at radius 1 is 1.28 bits per heavy atom. The van der Waals surface area contributed by atoms with E-state index in [1.165, 1.54) is 24.8 Å². The molecule has 2 rings (SSSR count). The molecule has 3 heteroatoms. The molecule has 0 amide bonds. The van der Waals surface area contributed by atoms with Crippen molar-refractivity contribution in [1.29, 1.82) is 0 Å². The van der Waals surface area contributed by atoms with Gasteiger partial charge in [-0.3, -0.25) is 0 Å². The Morgan fingerprint density at radius 3 is 2.44 bits per heavy atom. The average molecular weight is 248 g/mol. The molecule has 0 heterocycles. The van der Waals surface area contributed by atoms with Crippen LogP contribution in [0.5, 0.6) is 5.75 Å². The molecule has 0 saturated heterocycles. The summed E-state index contributed by atoms with van der Waals surface area (Å²) in [4.78, 5) is 2.41. The molecule has 0 unspecified atom stereocenters. The van der Waals surface area contributed by atoms with Crippen LogP contribution in [-0.2, 0) is 6.54 Å². The lowest BCUT2D eigenvalue weighted by Crippen LogP contribution is -2.27. The number of ether oxygens (including phenoxy) is 1. The summed E-state index contributed by atoms with van der Waals surface area (Å²) in [5.41, 5.74) is 7.54. The van der Waals surface area contributed by atoms with Gasteiger partial charge >= 0.3 is 0 Å². The number of benzene rings is 1. The van der Waals surface area contributed by atoms with Gasteiger partial charge in [0.05, 0.1) is 7.11 Å². The van der Waals surface area contributed by atoms with Crippen LogP contribution in [0.4, 0.5) is 0 Å². The van der Waals surface area contributed by atoms with E-state index in [4.69, 9.17) is 10.5 Å². The van der Waals surface area contributed by atoms with Crippen molar-refractivity contribution in [3.05, 3.63) is 29.8 Å². The normalized spacial score (nSPS) is 16.9. The molecule has 1 aromatic rings. The minimum absolute atomic E-state index is 0.524. The van der Waals surface area contributed by atoms with Gasteiger partial charge in [-0.05, 0) is 56.0 Å². The summed E-state index contributed by atoms with van der Waals surface area (Å²) in [7, 11) is 3.89. The zero-order valence-electron chi connectivity index (χ0n) is 11.5. The molecule has 0 spiro atoms. The third-order valence-electron chi connectivity index (χ3n) is 3.85. The van der Waals surface area contributed by atoms with Crippen LogP contribution in [0.25, 0.3) is 0 Å². The van der Waals surface area contributed by atoms with Crippen LogP contribution >= 0.6 is 0 Å². The van der Waals surface area contributed by atoms with Crippen LogP contribution in [0.15, 0.2) is 24.3 Å². The number of nitrogens with two attached hydrogens (primary N) is 1. The second-order valence-electron chi connectivity index (χ2n) is 5.56. The first-order chi connectivity index (χ1) is 8.67. The molecule has 1 aliphatic carbocycles. The van der Waals surface area contributed by atoms with E-state index in [1.54, 1.807) is 7.11 Å². The van der Waals surface area contributed by atoms with E-state index in [0.29, 0.717) is 5.41 Å². The highest BCUT2D eigenvalue weighted by Gasteiger charge is 2.42. The lowest BCUT2D eigenvalue weighted by atomic mass is 10.0. The summed E-state index contributed by atoms with van der Waals surface area (Å²) < 4.78 is 5.17. The van der Waals surface area contributed by atoms with Crippen LogP contribution in [0.2, 0.25) is 0 Å². The molecule has 0 atom stereocenters. The van der Waals surface area contributed by atoms with E-state index in [1.807, 2.05) is 12.1 Å². The van der Waals surface area contributed by atoms with Crippen molar-refractivity contribution in [2.45, 2.75) is 25.8 Å². The van der Waals surface area contributed by atoms with E-state index in [0.717, 1.165) is 25.4 Å². The molecule has 100 valence electrons. The zero-order valence-corrected chi connectivity index (χ0v) is 11.5. The van der Waals surface area contributed by atoms with Crippen molar-refractivity contribution < 1.29 is 4.74 Å². The SMILES string of the molecule is COc1ccc(CN(C)CC2(CCN)CC2)cc1. The highest BCUT2D eigenvalue weighted by molar-refractivity contribution is 5.27. The fraction of sp³-hybridized carbons (Fsp3) is 0.600. The molecule has 1 aromatic carbocycles. The number of methoxy groups -OCH3 is 1. The highest BCUT2D eigenvalue weighted by atomic mass is 16.5. The Hall–Kier alpha value is -1.06. The van der Waals surface area contributed by atoms with Crippen molar-refractivity contribution >= 4 is 0 Å². The van der Waals surface area contributed by atoms with Crippen molar-refractivity contribution in [3.63, 3.8) is 0 Å². The van der Waals surface area contributed by atoms with Crippen LogP contribution < -0.4 is 10.5 Å². The van der Waals surface area contributed by atoms with Crippen molar-refractivity contribution in [2.75, 3.05) is 27.2 Å². The molecule has 1 saturated carbocycles. The Morgan fingerprint density at radius 2 is 1.94 bits per heavy atom. The van der Waals surface area contributed by atoms with E-state index in [-0.39, 0.29) is 0 Å². The predicted molar refractivity (Wildman–Crippen MR) is 74.7 cm³/mol. The van der Waals surface area contributed by atoms with Crippen LogP contribution in [0.3, 0.4) is 0 Å². The largest absolute Gasteiger partial charge is 0.497 e. The molecule has 0 aliphatic heterocycles. The van der Waals surface area contributed by atoms with E-state index < -0.39 is 0 Å². The summed E-state index contributed by atoms with van der Waals surface area (Å²) in [6, 6.07) is 8.32. The van der Waals surface area contributed by atoms with Gasteiger partial charge in [-0.1, -0.05) is 12.1 Å². The molecule has 1 aliphatic rings. The third kappa shape index (κ3) is 3.47. The highest BCUT2D eigenvalue weighted by Crippen LogP contribution is 2.48. The van der Waals surface area contributed by atoms with Crippen LogP contribution in [0.1, 0.15) is 24.8 Å². The van der Waals surface area contributed by atoms with Gasteiger partial charge in [0.1, 0.15) is 5.75 Å². The van der Waals surface area contributed by atoms with Gasteiger partial charge in [-0.2, -0.15) is 0 Å². The van der Waals surface area contributed by atoms with Gasteiger partial charge in [0, 0.05) is 13.1 Å². The van der Waals surface area contributed by atoms with Gasteiger partial charge in [0.25, 0.3) is 0 Å². The quantitative estimate of drug-likeness (QED) is 0.804. The zero-order chi connectivity index (χ0) is 13.0. The summed E-state index contributed by atoms with van der Waals surface area (Å²) in [5.74, 6) is 0.920. The monoisotopic (exact) mass is 248 g/mol. The van der Waals surface area contributed by atoms with Crippen molar-refractivity contribution in [1.82, 2.24) is 4.90 Å². The number of hydrogen-bond donors (Lipinski definition) is 1. The van der Waals surface area contributed by atoms with Gasteiger partial charge < -0.3 is 15.4 Å². The van der Waals surface area contributed by atoms with Crippen molar-refractivity contribution in [3.8, 4) is 5.75 Å². The molecule has 18 heavy (non-hydrogen) atoms. The Labute approximate surface area is 110 Å². The number of rotatable bonds is 7. The summed E-state index contributed by atoms with van der Waals surface area (Å²) in [6.45, 7) is 2.98. The van der Waals surface area contributed by atoms with Crippen LogP contribution in [0, 0.1) is 5.41 Å².